The molecule has 0 aromatic heterocycles. The number of aryl methyl sites for hydroxylation is 1. The van der Waals surface area contributed by atoms with Gasteiger partial charge in [-0.2, -0.15) is 0 Å². The van der Waals surface area contributed by atoms with Crippen molar-refractivity contribution in [3.63, 3.8) is 0 Å². The highest BCUT2D eigenvalue weighted by molar-refractivity contribution is 6.31. The van der Waals surface area contributed by atoms with Crippen molar-refractivity contribution < 1.29 is 9.59 Å². The van der Waals surface area contributed by atoms with Crippen LogP contribution >= 0.6 is 11.6 Å². The lowest BCUT2D eigenvalue weighted by Gasteiger charge is -2.32. The average molecular weight is 282 g/mol. The zero-order chi connectivity index (χ0) is 14.0. The van der Waals surface area contributed by atoms with Gasteiger partial charge in [-0.1, -0.05) is 17.7 Å². The Hall–Kier alpha value is -1.75. The van der Waals surface area contributed by atoms with Crippen molar-refractivity contribution in [1.29, 1.82) is 0 Å². The Labute approximate surface area is 116 Å². The van der Waals surface area contributed by atoms with Crippen molar-refractivity contribution in [2.75, 3.05) is 18.4 Å². The molecular weight excluding hydrogens is 266 g/mol. The predicted molar refractivity (Wildman–Crippen MR) is 74.4 cm³/mol. The standard InChI is InChI=1S/C13H16ClN3O2/c1-8-3-4-10(7-11(8)14)16-13(19)17-6-5-15-12(18)9(17)2/h3-4,7,9H,5-6H2,1-2H3,(H,15,18)(H,16,19). The molecule has 0 radical (unpaired) electrons. The lowest BCUT2D eigenvalue weighted by molar-refractivity contribution is -0.126. The third-order valence-electron chi connectivity index (χ3n) is 3.18. The fourth-order valence-corrected chi connectivity index (χ4v) is 2.11. The number of rotatable bonds is 1. The second kappa shape index (κ2) is 5.48. The zero-order valence-corrected chi connectivity index (χ0v) is 11.6. The van der Waals surface area contributed by atoms with Crippen molar-refractivity contribution >= 4 is 29.2 Å². The topological polar surface area (TPSA) is 61.4 Å². The average Bonchev–Trinajstić information content (AvgIpc) is 2.37. The molecule has 1 fully saturated rings. The Morgan fingerprint density at radius 3 is 2.95 bits per heavy atom. The van der Waals surface area contributed by atoms with Crippen LogP contribution in [-0.4, -0.2) is 36.0 Å². The second-order valence-electron chi connectivity index (χ2n) is 4.55. The van der Waals surface area contributed by atoms with Gasteiger partial charge >= 0.3 is 6.03 Å². The van der Waals surface area contributed by atoms with Gasteiger partial charge in [0.1, 0.15) is 6.04 Å². The molecule has 0 spiro atoms. The summed E-state index contributed by atoms with van der Waals surface area (Å²) in [6, 6.07) is 4.57. The van der Waals surface area contributed by atoms with Gasteiger partial charge in [-0.15, -0.1) is 0 Å². The number of carbonyl (C=O) groups is 2. The Bertz CT molecular complexity index is 519. The molecular formula is C13H16ClN3O2. The summed E-state index contributed by atoms with van der Waals surface area (Å²) in [5.74, 6) is -0.136. The molecule has 1 unspecified atom stereocenters. The molecule has 0 saturated carbocycles. The maximum Gasteiger partial charge on any atom is 0.322 e. The van der Waals surface area contributed by atoms with E-state index in [0.29, 0.717) is 23.8 Å². The minimum Gasteiger partial charge on any atom is -0.353 e. The molecule has 2 N–H and O–H groups in total. The molecule has 0 bridgehead atoms. The number of nitrogens with zero attached hydrogens (tertiary/aromatic N) is 1. The smallest absolute Gasteiger partial charge is 0.322 e. The van der Waals surface area contributed by atoms with Crippen LogP contribution in [0.1, 0.15) is 12.5 Å². The van der Waals surface area contributed by atoms with Crippen LogP contribution < -0.4 is 10.6 Å². The summed E-state index contributed by atoms with van der Waals surface area (Å²) in [5.41, 5.74) is 1.57. The first-order chi connectivity index (χ1) is 8.99. The van der Waals surface area contributed by atoms with E-state index in [1.807, 2.05) is 13.0 Å². The van der Waals surface area contributed by atoms with Gasteiger partial charge in [0.2, 0.25) is 5.91 Å². The number of benzene rings is 1. The van der Waals surface area contributed by atoms with Crippen molar-refractivity contribution in [3.8, 4) is 0 Å². The number of urea groups is 1. The second-order valence-corrected chi connectivity index (χ2v) is 4.96. The lowest BCUT2D eigenvalue weighted by atomic mass is 10.2. The van der Waals surface area contributed by atoms with E-state index in [9.17, 15) is 9.59 Å². The summed E-state index contributed by atoms with van der Waals surface area (Å²) >= 11 is 6.01. The van der Waals surface area contributed by atoms with Crippen LogP contribution in [0.5, 0.6) is 0 Å². The number of halogens is 1. The molecule has 1 aromatic rings. The lowest BCUT2D eigenvalue weighted by Crippen LogP contribution is -2.56. The number of anilines is 1. The molecule has 1 heterocycles. The van der Waals surface area contributed by atoms with Gasteiger partial charge < -0.3 is 15.5 Å². The minimum atomic E-state index is -0.463. The van der Waals surface area contributed by atoms with E-state index in [4.69, 9.17) is 11.6 Å². The number of hydrogen-bond donors (Lipinski definition) is 2. The van der Waals surface area contributed by atoms with E-state index >= 15 is 0 Å². The number of nitrogens with one attached hydrogen (secondary N) is 2. The maximum atomic E-state index is 12.1. The van der Waals surface area contributed by atoms with Gasteiger partial charge in [0.05, 0.1) is 0 Å². The molecule has 1 saturated heterocycles. The Kier molecular flexibility index (Phi) is 3.95. The highest BCUT2D eigenvalue weighted by Gasteiger charge is 2.29. The number of hydrogen-bond acceptors (Lipinski definition) is 2. The fourth-order valence-electron chi connectivity index (χ4n) is 1.93. The summed E-state index contributed by atoms with van der Waals surface area (Å²) in [6.07, 6.45) is 0. The van der Waals surface area contributed by atoms with Crippen LogP contribution in [0.3, 0.4) is 0 Å². The molecule has 1 aromatic carbocycles. The normalized spacial score (nSPS) is 19.0. The third-order valence-corrected chi connectivity index (χ3v) is 3.59. The summed E-state index contributed by atoms with van der Waals surface area (Å²) < 4.78 is 0. The molecule has 3 amide bonds. The van der Waals surface area contributed by atoms with E-state index in [1.165, 1.54) is 4.90 Å². The molecule has 102 valence electrons. The first-order valence-corrected chi connectivity index (χ1v) is 6.48. The zero-order valence-electron chi connectivity index (χ0n) is 10.9. The predicted octanol–water partition coefficient (Wildman–Crippen LogP) is 2.00. The highest BCUT2D eigenvalue weighted by atomic mass is 35.5. The molecule has 6 heteroatoms. The van der Waals surface area contributed by atoms with E-state index in [2.05, 4.69) is 10.6 Å². The van der Waals surface area contributed by atoms with Gasteiger partial charge in [-0.3, -0.25) is 4.79 Å². The van der Waals surface area contributed by atoms with E-state index in [0.717, 1.165) is 5.56 Å². The Morgan fingerprint density at radius 2 is 2.26 bits per heavy atom. The van der Waals surface area contributed by atoms with Crippen LogP contribution in [0, 0.1) is 6.92 Å². The van der Waals surface area contributed by atoms with E-state index in [1.54, 1.807) is 19.1 Å². The minimum absolute atomic E-state index is 0.136. The molecule has 1 aliphatic rings. The molecule has 19 heavy (non-hydrogen) atoms. The molecule has 5 nitrogen and oxygen atoms in total. The van der Waals surface area contributed by atoms with Crippen molar-refractivity contribution in [2.45, 2.75) is 19.9 Å². The van der Waals surface area contributed by atoms with Gasteiger partial charge in [-0.05, 0) is 31.5 Å². The molecule has 0 aliphatic carbocycles. The van der Waals surface area contributed by atoms with Gasteiger partial charge in [0, 0.05) is 23.8 Å². The fraction of sp³-hybridized carbons (Fsp3) is 0.385. The van der Waals surface area contributed by atoms with Gasteiger partial charge in [0.25, 0.3) is 0 Å². The number of amides is 3. The summed E-state index contributed by atoms with van der Waals surface area (Å²) in [5, 5.41) is 6.07. The van der Waals surface area contributed by atoms with Crippen LogP contribution in [-0.2, 0) is 4.79 Å². The van der Waals surface area contributed by atoms with Crippen molar-refractivity contribution in [2.24, 2.45) is 0 Å². The molecule has 1 atom stereocenters. The number of carbonyl (C=O) groups excluding carboxylic acids is 2. The molecule has 1 aliphatic heterocycles. The summed E-state index contributed by atoms with van der Waals surface area (Å²) in [4.78, 5) is 25.1. The largest absolute Gasteiger partial charge is 0.353 e. The quantitative estimate of drug-likeness (QED) is 0.827. The molecule has 2 rings (SSSR count). The van der Waals surface area contributed by atoms with Gasteiger partial charge in [-0.25, -0.2) is 4.79 Å². The van der Waals surface area contributed by atoms with E-state index < -0.39 is 6.04 Å². The summed E-state index contributed by atoms with van der Waals surface area (Å²) in [6.45, 7) is 4.57. The first kappa shape index (κ1) is 13.7. The number of piperazine rings is 1. The SMILES string of the molecule is Cc1ccc(NC(=O)N2CCNC(=O)C2C)cc1Cl. The van der Waals surface area contributed by atoms with Crippen LogP contribution in [0.2, 0.25) is 5.02 Å². The van der Waals surface area contributed by atoms with Crippen LogP contribution in [0.15, 0.2) is 18.2 Å². The van der Waals surface area contributed by atoms with Gasteiger partial charge in [0.15, 0.2) is 0 Å². The summed E-state index contributed by atoms with van der Waals surface area (Å²) in [7, 11) is 0. The maximum absolute atomic E-state index is 12.1. The monoisotopic (exact) mass is 281 g/mol. The third kappa shape index (κ3) is 2.98. The van der Waals surface area contributed by atoms with Crippen molar-refractivity contribution in [3.05, 3.63) is 28.8 Å². The van der Waals surface area contributed by atoms with E-state index in [-0.39, 0.29) is 11.9 Å². The first-order valence-electron chi connectivity index (χ1n) is 6.10. The highest BCUT2D eigenvalue weighted by Crippen LogP contribution is 2.20. The van der Waals surface area contributed by atoms with Crippen LogP contribution in [0.4, 0.5) is 10.5 Å². The Balaban J connectivity index is 2.08. The Morgan fingerprint density at radius 1 is 1.53 bits per heavy atom. The van der Waals surface area contributed by atoms with Crippen LogP contribution in [0.25, 0.3) is 0 Å². The van der Waals surface area contributed by atoms with Crippen molar-refractivity contribution in [1.82, 2.24) is 10.2 Å².